The zero-order valence-electron chi connectivity index (χ0n) is 7.05. The van der Waals surface area contributed by atoms with Crippen molar-refractivity contribution in [3.8, 4) is 0 Å². The Labute approximate surface area is 81.5 Å². The van der Waals surface area contributed by atoms with Crippen LogP contribution in [-0.4, -0.2) is 4.37 Å². The van der Waals surface area contributed by atoms with Crippen molar-refractivity contribution < 1.29 is 0 Å². The van der Waals surface area contributed by atoms with Gasteiger partial charge in [-0.3, -0.25) is 0 Å². The van der Waals surface area contributed by atoms with E-state index in [0.717, 1.165) is 5.69 Å². The molecule has 64 valence electrons. The number of hydrogen-bond acceptors (Lipinski definition) is 2. The summed E-state index contributed by atoms with van der Waals surface area (Å²) in [5.74, 6) is 0. The van der Waals surface area contributed by atoms with Crippen molar-refractivity contribution in [2.75, 3.05) is 0 Å². The first-order valence-corrected chi connectivity index (χ1v) is 4.92. The lowest BCUT2D eigenvalue weighted by Crippen LogP contribution is -1.69. The first-order chi connectivity index (χ1) is 6.45. The molecule has 2 rings (SSSR count). The van der Waals surface area contributed by atoms with E-state index in [1.807, 2.05) is 35.7 Å². The summed E-state index contributed by atoms with van der Waals surface area (Å²) in [5, 5.41) is 1.98. The molecule has 1 nitrogen and oxygen atoms in total. The van der Waals surface area contributed by atoms with Crippen LogP contribution in [0.1, 0.15) is 11.3 Å². The smallest absolute Gasteiger partial charge is 0.0768 e. The molecule has 13 heavy (non-hydrogen) atoms. The largest absolute Gasteiger partial charge is 0.193 e. The maximum atomic E-state index is 4.19. The van der Waals surface area contributed by atoms with E-state index in [1.54, 1.807) is 0 Å². The van der Waals surface area contributed by atoms with E-state index in [1.165, 1.54) is 17.1 Å². The first-order valence-electron chi connectivity index (χ1n) is 4.09. The van der Waals surface area contributed by atoms with Crippen molar-refractivity contribution in [1.82, 2.24) is 4.37 Å². The Bertz CT molecular complexity index is 376. The quantitative estimate of drug-likeness (QED) is 0.702. The van der Waals surface area contributed by atoms with E-state index in [2.05, 4.69) is 22.6 Å². The molecule has 0 spiro atoms. The van der Waals surface area contributed by atoms with Gasteiger partial charge in [-0.1, -0.05) is 36.4 Å². The average Bonchev–Trinajstić information content (AvgIpc) is 2.69. The zero-order valence-corrected chi connectivity index (χ0v) is 7.87. The van der Waals surface area contributed by atoms with Gasteiger partial charge in [0.05, 0.1) is 5.69 Å². The number of benzene rings is 1. The number of aromatic nitrogens is 1. The van der Waals surface area contributed by atoms with Gasteiger partial charge in [-0.2, -0.15) is 4.37 Å². The fraction of sp³-hybridized carbons (Fsp3) is 0. The monoisotopic (exact) mass is 187 g/mol. The van der Waals surface area contributed by atoms with E-state index in [4.69, 9.17) is 0 Å². The molecule has 0 saturated heterocycles. The molecule has 1 heterocycles. The molecule has 0 aliphatic carbocycles. The third kappa shape index (κ3) is 2.26. The van der Waals surface area contributed by atoms with Crippen LogP contribution in [0, 0.1) is 0 Å². The average molecular weight is 187 g/mol. The summed E-state index contributed by atoms with van der Waals surface area (Å²) in [7, 11) is 0. The molecule has 0 radical (unpaired) electrons. The minimum Gasteiger partial charge on any atom is -0.193 e. The molecule has 1 aromatic carbocycles. The normalized spacial score (nSPS) is 10.8. The van der Waals surface area contributed by atoms with Crippen molar-refractivity contribution in [3.05, 3.63) is 53.0 Å². The lowest BCUT2D eigenvalue weighted by molar-refractivity contribution is 1.52. The highest BCUT2D eigenvalue weighted by atomic mass is 32.1. The summed E-state index contributed by atoms with van der Waals surface area (Å²) in [6, 6.07) is 12.2. The van der Waals surface area contributed by atoms with Crippen LogP contribution in [-0.2, 0) is 0 Å². The van der Waals surface area contributed by atoms with Gasteiger partial charge in [0.1, 0.15) is 0 Å². The van der Waals surface area contributed by atoms with Gasteiger partial charge in [0.25, 0.3) is 0 Å². The summed E-state index contributed by atoms with van der Waals surface area (Å²) in [6.45, 7) is 0. The molecule has 0 aliphatic heterocycles. The molecule has 0 bridgehead atoms. The van der Waals surface area contributed by atoms with Crippen molar-refractivity contribution in [3.63, 3.8) is 0 Å². The molecule has 2 heteroatoms. The van der Waals surface area contributed by atoms with Crippen LogP contribution in [0.5, 0.6) is 0 Å². The van der Waals surface area contributed by atoms with Gasteiger partial charge in [0, 0.05) is 5.38 Å². The molecule has 2 aromatic rings. The molecule has 1 aromatic heterocycles. The van der Waals surface area contributed by atoms with Gasteiger partial charge >= 0.3 is 0 Å². The Morgan fingerprint density at radius 3 is 2.54 bits per heavy atom. The zero-order chi connectivity index (χ0) is 8.93. The predicted octanol–water partition coefficient (Wildman–Crippen LogP) is 3.31. The van der Waals surface area contributed by atoms with Gasteiger partial charge < -0.3 is 0 Å². The summed E-state index contributed by atoms with van der Waals surface area (Å²) in [4.78, 5) is 0. The Kier molecular flexibility index (Phi) is 2.53. The topological polar surface area (TPSA) is 12.9 Å². The van der Waals surface area contributed by atoms with Gasteiger partial charge in [0.15, 0.2) is 0 Å². The Morgan fingerprint density at radius 1 is 1.00 bits per heavy atom. The van der Waals surface area contributed by atoms with E-state index in [0.29, 0.717) is 0 Å². The van der Waals surface area contributed by atoms with E-state index >= 15 is 0 Å². The van der Waals surface area contributed by atoms with Crippen LogP contribution in [0.2, 0.25) is 0 Å². The molecular weight excluding hydrogens is 178 g/mol. The molecular formula is C11H9NS. The third-order valence-corrected chi connectivity index (χ3v) is 2.28. The van der Waals surface area contributed by atoms with Gasteiger partial charge in [-0.15, -0.1) is 0 Å². The second-order valence-electron chi connectivity index (χ2n) is 2.67. The van der Waals surface area contributed by atoms with Crippen molar-refractivity contribution in [1.29, 1.82) is 0 Å². The lowest BCUT2D eigenvalue weighted by Gasteiger charge is -1.89. The molecule has 0 aliphatic rings. The van der Waals surface area contributed by atoms with Crippen molar-refractivity contribution >= 4 is 23.7 Å². The summed E-state index contributed by atoms with van der Waals surface area (Å²) in [5.41, 5.74) is 2.23. The third-order valence-electron chi connectivity index (χ3n) is 1.70. The second kappa shape index (κ2) is 4.01. The minimum absolute atomic E-state index is 1.02. The highest BCUT2D eigenvalue weighted by molar-refractivity contribution is 7.03. The lowest BCUT2D eigenvalue weighted by atomic mass is 10.2. The first kappa shape index (κ1) is 8.20. The van der Waals surface area contributed by atoms with Crippen molar-refractivity contribution in [2.24, 2.45) is 0 Å². The van der Waals surface area contributed by atoms with Gasteiger partial charge in [-0.05, 0) is 29.2 Å². The molecule has 0 N–H and O–H groups in total. The SMILES string of the molecule is C(=Cc1ccsn1)c1ccccc1. The number of rotatable bonds is 2. The number of hydrogen-bond donors (Lipinski definition) is 0. The van der Waals surface area contributed by atoms with Crippen LogP contribution < -0.4 is 0 Å². The summed E-state index contributed by atoms with van der Waals surface area (Å²) < 4.78 is 4.19. The van der Waals surface area contributed by atoms with Crippen LogP contribution in [0.3, 0.4) is 0 Å². The molecule has 0 unspecified atom stereocenters. The maximum Gasteiger partial charge on any atom is 0.0768 e. The summed E-state index contributed by atoms with van der Waals surface area (Å²) >= 11 is 1.47. The number of nitrogens with zero attached hydrogens (tertiary/aromatic N) is 1. The Hall–Kier alpha value is -1.41. The van der Waals surface area contributed by atoms with Crippen LogP contribution in [0.4, 0.5) is 0 Å². The molecule has 0 atom stereocenters. The highest BCUT2D eigenvalue weighted by Gasteiger charge is 1.87. The summed E-state index contributed by atoms with van der Waals surface area (Å²) in [6.07, 6.45) is 4.08. The van der Waals surface area contributed by atoms with Crippen LogP contribution in [0.25, 0.3) is 12.2 Å². The fourth-order valence-electron chi connectivity index (χ4n) is 1.05. The van der Waals surface area contributed by atoms with Gasteiger partial charge in [0.2, 0.25) is 0 Å². The van der Waals surface area contributed by atoms with E-state index in [9.17, 15) is 0 Å². The predicted molar refractivity (Wildman–Crippen MR) is 57.5 cm³/mol. The van der Waals surface area contributed by atoms with E-state index in [-0.39, 0.29) is 0 Å². The Balaban J connectivity index is 2.15. The molecule has 0 saturated carbocycles. The Morgan fingerprint density at radius 2 is 1.85 bits per heavy atom. The van der Waals surface area contributed by atoms with E-state index < -0.39 is 0 Å². The highest BCUT2D eigenvalue weighted by Crippen LogP contribution is 2.07. The van der Waals surface area contributed by atoms with Crippen LogP contribution >= 0.6 is 11.5 Å². The second-order valence-corrected chi connectivity index (χ2v) is 3.33. The minimum atomic E-state index is 1.02. The maximum absolute atomic E-state index is 4.19. The van der Waals surface area contributed by atoms with Gasteiger partial charge in [-0.25, -0.2) is 0 Å². The van der Waals surface area contributed by atoms with Crippen molar-refractivity contribution in [2.45, 2.75) is 0 Å². The fourth-order valence-corrected chi connectivity index (χ4v) is 1.56. The standard InChI is InChI=1S/C11H9NS/c1-2-4-10(5-3-1)6-7-11-8-9-13-12-11/h1-9H. The van der Waals surface area contributed by atoms with Crippen LogP contribution in [0.15, 0.2) is 41.8 Å². The molecule has 0 amide bonds. The molecule has 0 fully saturated rings.